The molecular formula is C25H31ClN2O4S. The predicted molar refractivity (Wildman–Crippen MR) is 131 cm³/mol. The number of piperidine rings is 1. The fraction of sp³-hybridized carbons (Fsp3) is 0.440. The second-order valence-electron chi connectivity index (χ2n) is 9.12. The number of carbonyl (C=O) groups is 2. The summed E-state index contributed by atoms with van der Waals surface area (Å²) in [7, 11) is -3.21. The van der Waals surface area contributed by atoms with Crippen LogP contribution in [0.15, 0.2) is 48.5 Å². The van der Waals surface area contributed by atoms with Crippen molar-refractivity contribution in [2.24, 2.45) is 5.92 Å². The summed E-state index contributed by atoms with van der Waals surface area (Å²) >= 11 is 5.99. The first-order chi connectivity index (χ1) is 15.5. The first-order valence-electron chi connectivity index (χ1n) is 11.2. The van der Waals surface area contributed by atoms with Gasteiger partial charge in [-0.25, -0.2) is 8.42 Å². The lowest BCUT2D eigenvalue weighted by Crippen LogP contribution is -2.52. The van der Waals surface area contributed by atoms with Gasteiger partial charge >= 0.3 is 0 Å². The van der Waals surface area contributed by atoms with Crippen LogP contribution in [0.1, 0.15) is 54.1 Å². The van der Waals surface area contributed by atoms with Gasteiger partial charge in [-0.2, -0.15) is 0 Å². The van der Waals surface area contributed by atoms with Crippen LogP contribution in [0.25, 0.3) is 0 Å². The van der Waals surface area contributed by atoms with Crippen molar-refractivity contribution < 1.29 is 18.0 Å². The third-order valence-electron chi connectivity index (χ3n) is 5.99. The first kappa shape index (κ1) is 25.2. The lowest BCUT2D eigenvalue weighted by atomic mass is 9.89. The van der Waals surface area contributed by atoms with Gasteiger partial charge in [0.1, 0.15) is 6.04 Å². The number of sulfone groups is 1. The largest absolute Gasteiger partial charge is 0.341 e. The minimum atomic E-state index is -3.21. The van der Waals surface area contributed by atoms with Gasteiger partial charge in [0.15, 0.2) is 9.84 Å². The zero-order valence-electron chi connectivity index (χ0n) is 19.3. The van der Waals surface area contributed by atoms with Gasteiger partial charge in [-0.05, 0) is 60.1 Å². The fourth-order valence-electron chi connectivity index (χ4n) is 4.21. The Bertz CT molecular complexity index is 1090. The molecule has 6 nitrogen and oxygen atoms in total. The number of hydrogen-bond donors (Lipinski definition) is 1. The van der Waals surface area contributed by atoms with E-state index in [9.17, 15) is 18.0 Å². The van der Waals surface area contributed by atoms with Gasteiger partial charge in [-0.15, -0.1) is 0 Å². The second kappa shape index (κ2) is 10.7. The average Bonchev–Trinajstić information content (AvgIpc) is 2.76. The van der Waals surface area contributed by atoms with Crippen molar-refractivity contribution in [2.45, 2.75) is 44.4 Å². The molecule has 0 radical (unpaired) electrons. The van der Waals surface area contributed by atoms with Crippen LogP contribution in [-0.2, 0) is 20.4 Å². The molecule has 1 N–H and O–H groups in total. The number of nitrogens with zero attached hydrogens (tertiary/aromatic N) is 1. The lowest BCUT2D eigenvalue weighted by Gasteiger charge is -2.35. The highest BCUT2D eigenvalue weighted by atomic mass is 35.5. The zero-order chi connectivity index (χ0) is 24.2. The molecule has 0 aliphatic carbocycles. The molecule has 1 fully saturated rings. The standard InChI is InChI=1S/C25H31ClN2O4S/c1-17(2)23(27-24(29)21-6-4-5-18(15-21)16-33(3,31)32)25(30)28-13-11-20(12-14-28)19-7-9-22(26)10-8-19/h4-10,15,17,20,23H,11-14,16H2,1-3H3,(H,27,29)/t23-/m1/s1. The monoisotopic (exact) mass is 490 g/mol. The number of likely N-dealkylation sites (tertiary alicyclic amines) is 1. The van der Waals surface area contributed by atoms with Crippen molar-refractivity contribution in [3.05, 3.63) is 70.2 Å². The van der Waals surface area contributed by atoms with Crippen molar-refractivity contribution in [3.8, 4) is 0 Å². The molecule has 2 amide bonds. The average molecular weight is 491 g/mol. The van der Waals surface area contributed by atoms with Gasteiger partial charge in [0.05, 0.1) is 5.75 Å². The Morgan fingerprint density at radius 2 is 1.73 bits per heavy atom. The number of amides is 2. The predicted octanol–water partition coefficient (Wildman–Crippen LogP) is 4.05. The number of benzene rings is 2. The van der Waals surface area contributed by atoms with Crippen LogP contribution in [0, 0.1) is 5.92 Å². The van der Waals surface area contributed by atoms with E-state index >= 15 is 0 Å². The SMILES string of the molecule is CC(C)[C@@H](NC(=O)c1cccc(CS(C)(=O)=O)c1)C(=O)N1CCC(c2ccc(Cl)cc2)CC1. The summed E-state index contributed by atoms with van der Waals surface area (Å²) in [5.74, 6) is -0.303. The number of nitrogens with one attached hydrogen (secondary N) is 1. The van der Waals surface area contributed by atoms with Crippen molar-refractivity contribution in [1.82, 2.24) is 10.2 Å². The third kappa shape index (κ3) is 7.05. The van der Waals surface area contributed by atoms with Gasteiger partial charge in [-0.1, -0.05) is 49.7 Å². The Labute approximate surface area is 201 Å². The van der Waals surface area contributed by atoms with Gasteiger partial charge in [0.25, 0.3) is 5.91 Å². The Balaban J connectivity index is 1.64. The molecule has 1 atom stereocenters. The maximum Gasteiger partial charge on any atom is 0.251 e. The van der Waals surface area contributed by atoms with E-state index < -0.39 is 15.9 Å². The molecule has 1 aliphatic heterocycles. The highest BCUT2D eigenvalue weighted by Gasteiger charge is 2.31. The molecule has 2 aromatic carbocycles. The zero-order valence-corrected chi connectivity index (χ0v) is 20.8. The topological polar surface area (TPSA) is 83.5 Å². The van der Waals surface area contributed by atoms with Gasteiger partial charge in [0, 0.05) is 29.9 Å². The van der Waals surface area contributed by atoms with E-state index in [2.05, 4.69) is 5.32 Å². The maximum atomic E-state index is 13.3. The molecule has 3 rings (SSSR count). The number of carbonyl (C=O) groups excluding carboxylic acids is 2. The molecule has 178 valence electrons. The van der Waals surface area contributed by atoms with Crippen LogP contribution in [0.2, 0.25) is 5.02 Å². The molecule has 33 heavy (non-hydrogen) atoms. The van der Waals surface area contributed by atoms with Crippen LogP contribution < -0.4 is 5.32 Å². The Hall–Kier alpha value is -2.38. The van der Waals surface area contributed by atoms with E-state index in [4.69, 9.17) is 11.6 Å². The summed E-state index contributed by atoms with van der Waals surface area (Å²) in [6.07, 6.45) is 2.88. The maximum absolute atomic E-state index is 13.3. The van der Waals surface area contributed by atoms with Crippen LogP contribution in [0.4, 0.5) is 0 Å². The number of rotatable bonds is 7. The second-order valence-corrected chi connectivity index (χ2v) is 11.7. The van der Waals surface area contributed by atoms with Crippen molar-refractivity contribution in [1.29, 1.82) is 0 Å². The van der Waals surface area contributed by atoms with E-state index in [0.717, 1.165) is 19.1 Å². The molecule has 1 saturated heterocycles. The molecular weight excluding hydrogens is 460 g/mol. The minimum Gasteiger partial charge on any atom is -0.341 e. The molecule has 1 aliphatic rings. The van der Waals surface area contributed by atoms with Crippen molar-refractivity contribution >= 4 is 33.3 Å². The molecule has 0 bridgehead atoms. The lowest BCUT2D eigenvalue weighted by molar-refractivity contribution is -0.135. The van der Waals surface area contributed by atoms with Gasteiger partial charge in [0.2, 0.25) is 5.91 Å². The molecule has 0 saturated carbocycles. The summed E-state index contributed by atoms with van der Waals surface area (Å²) in [5.41, 5.74) is 2.12. The van der Waals surface area contributed by atoms with E-state index in [-0.39, 0.29) is 23.5 Å². The molecule has 2 aromatic rings. The van der Waals surface area contributed by atoms with E-state index in [1.807, 2.05) is 43.0 Å². The highest BCUT2D eigenvalue weighted by molar-refractivity contribution is 7.89. The van der Waals surface area contributed by atoms with Crippen LogP contribution in [-0.4, -0.2) is 50.5 Å². The first-order valence-corrected chi connectivity index (χ1v) is 13.6. The Morgan fingerprint density at radius 1 is 1.09 bits per heavy atom. The van der Waals surface area contributed by atoms with Crippen LogP contribution in [0.5, 0.6) is 0 Å². The van der Waals surface area contributed by atoms with Gasteiger partial charge in [-0.3, -0.25) is 9.59 Å². The third-order valence-corrected chi connectivity index (χ3v) is 7.10. The molecule has 8 heteroatoms. The number of hydrogen-bond acceptors (Lipinski definition) is 4. The Morgan fingerprint density at radius 3 is 2.30 bits per heavy atom. The quantitative estimate of drug-likeness (QED) is 0.634. The van der Waals surface area contributed by atoms with Crippen molar-refractivity contribution in [3.63, 3.8) is 0 Å². The summed E-state index contributed by atoms with van der Waals surface area (Å²) in [6, 6.07) is 13.7. The van der Waals surface area contributed by atoms with Crippen LogP contribution in [0.3, 0.4) is 0 Å². The number of halogens is 1. The summed E-state index contributed by atoms with van der Waals surface area (Å²) < 4.78 is 23.2. The van der Waals surface area contributed by atoms with E-state index in [1.54, 1.807) is 24.3 Å². The van der Waals surface area contributed by atoms with Gasteiger partial charge < -0.3 is 10.2 Å². The molecule has 0 unspecified atom stereocenters. The molecule has 0 aromatic heterocycles. The Kier molecular flexibility index (Phi) is 8.19. The smallest absolute Gasteiger partial charge is 0.251 e. The normalized spacial score (nSPS) is 16.0. The van der Waals surface area contributed by atoms with Crippen molar-refractivity contribution in [2.75, 3.05) is 19.3 Å². The molecule has 0 spiro atoms. The minimum absolute atomic E-state index is 0.0832. The van der Waals surface area contributed by atoms with E-state index in [0.29, 0.717) is 35.2 Å². The fourth-order valence-corrected chi connectivity index (χ4v) is 5.12. The van der Waals surface area contributed by atoms with Crippen LogP contribution >= 0.6 is 11.6 Å². The molecule has 1 heterocycles. The summed E-state index contributed by atoms with van der Waals surface area (Å²) in [6.45, 7) is 5.08. The summed E-state index contributed by atoms with van der Waals surface area (Å²) in [4.78, 5) is 28.0. The summed E-state index contributed by atoms with van der Waals surface area (Å²) in [5, 5.41) is 3.59. The van der Waals surface area contributed by atoms with E-state index in [1.165, 1.54) is 5.56 Å². The highest BCUT2D eigenvalue weighted by Crippen LogP contribution is 2.29.